The van der Waals surface area contributed by atoms with Crippen LogP contribution < -0.4 is 11.0 Å². The number of aryl methyl sites for hydroxylation is 1. The lowest BCUT2D eigenvalue weighted by Gasteiger charge is -2.09. The molecule has 3 rings (SSSR count). The average molecular weight is 260 g/mol. The molecule has 19 heavy (non-hydrogen) atoms. The number of aromatic nitrogens is 5. The van der Waals surface area contributed by atoms with Gasteiger partial charge in [-0.3, -0.25) is 9.55 Å². The smallest absolute Gasteiger partial charge is 0.346 e. The highest BCUT2D eigenvalue weighted by Crippen LogP contribution is 2.09. The van der Waals surface area contributed by atoms with Crippen LogP contribution in [-0.4, -0.2) is 31.4 Å². The Morgan fingerprint density at radius 1 is 1.32 bits per heavy atom. The largest absolute Gasteiger partial charge is 0.372 e. The molecule has 100 valence electrons. The second-order valence-electron chi connectivity index (χ2n) is 4.61. The van der Waals surface area contributed by atoms with Gasteiger partial charge in [0.1, 0.15) is 11.6 Å². The van der Waals surface area contributed by atoms with E-state index >= 15 is 0 Å². The van der Waals surface area contributed by atoms with Crippen LogP contribution in [-0.2, 0) is 19.5 Å². The van der Waals surface area contributed by atoms with Crippen LogP contribution in [0.4, 0.5) is 5.82 Å². The first-order valence-electron chi connectivity index (χ1n) is 6.43. The summed E-state index contributed by atoms with van der Waals surface area (Å²) in [6.07, 6.45) is 6.35. The summed E-state index contributed by atoms with van der Waals surface area (Å²) < 4.78 is 3.24. The molecule has 2 aromatic rings. The molecule has 0 aromatic carbocycles. The van der Waals surface area contributed by atoms with Crippen molar-refractivity contribution in [2.24, 2.45) is 0 Å². The molecule has 0 unspecified atom stereocenters. The molecule has 0 spiro atoms. The normalized spacial score (nSPS) is 14.2. The van der Waals surface area contributed by atoms with Gasteiger partial charge < -0.3 is 5.32 Å². The highest BCUT2D eigenvalue weighted by molar-refractivity contribution is 5.29. The Balaban J connectivity index is 1.86. The second-order valence-corrected chi connectivity index (χ2v) is 4.61. The zero-order chi connectivity index (χ0) is 13.2. The van der Waals surface area contributed by atoms with Gasteiger partial charge in [-0.1, -0.05) is 0 Å². The Morgan fingerprint density at radius 3 is 2.89 bits per heavy atom. The van der Waals surface area contributed by atoms with Crippen molar-refractivity contribution >= 4 is 5.82 Å². The quantitative estimate of drug-likeness (QED) is 0.856. The van der Waals surface area contributed by atoms with Gasteiger partial charge in [-0.25, -0.2) is 14.5 Å². The van der Waals surface area contributed by atoms with Crippen LogP contribution in [0.15, 0.2) is 17.2 Å². The zero-order valence-electron chi connectivity index (χ0n) is 10.8. The first-order chi connectivity index (χ1) is 9.28. The molecular formula is C12H16N6O. The van der Waals surface area contributed by atoms with Crippen molar-refractivity contribution in [1.82, 2.24) is 24.3 Å². The summed E-state index contributed by atoms with van der Waals surface area (Å²) in [7, 11) is 1.79. The van der Waals surface area contributed by atoms with Crippen molar-refractivity contribution in [3.63, 3.8) is 0 Å². The van der Waals surface area contributed by atoms with Gasteiger partial charge in [-0.15, -0.1) is 0 Å². The number of nitrogens with one attached hydrogen (secondary N) is 1. The van der Waals surface area contributed by atoms with E-state index in [1.54, 1.807) is 24.0 Å². The maximum absolute atomic E-state index is 12.1. The Kier molecular flexibility index (Phi) is 3.02. The predicted octanol–water partition coefficient (Wildman–Crippen LogP) is 0.261. The monoisotopic (exact) mass is 260 g/mol. The van der Waals surface area contributed by atoms with E-state index in [1.807, 2.05) is 0 Å². The molecule has 0 radical (unpaired) electrons. The van der Waals surface area contributed by atoms with Gasteiger partial charge in [0.15, 0.2) is 0 Å². The van der Waals surface area contributed by atoms with Crippen LogP contribution in [0.25, 0.3) is 0 Å². The van der Waals surface area contributed by atoms with E-state index in [0.717, 1.165) is 37.3 Å². The number of rotatable bonds is 3. The van der Waals surface area contributed by atoms with E-state index < -0.39 is 0 Å². The van der Waals surface area contributed by atoms with E-state index in [9.17, 15) is 4.79 Å². The summed E-state index contributed by atoms with van der Waals surface area (Å²) in [5.41, 5.74) is 0.686. The fraction of sp³-hybridized carbons (Fsp3) is 0.500. The SMILES string of the molecule is CNc1cnc(Cn2nc3n(c2=O)CCCC3)cn1. The molecule has 0 aliphatic carbocycles. The van der Waals surface area contributed by atoms with E-state index in [0.29, 0.717) is 12.4 Å². The molecule has 2 aromatic heterocycles. The highest BCUT2D eigenvalue weighted by Gasteiger charge is 2.16. The van der Waals surface area contributed by atoms with Crippen LogP contribution in [0.2, 0.25) is 0 Å². The average Bonchev–Trinajstić information content (AvgIpc) is 2.77. The Bertz CT molecular complexity index is 627. The van der Waals surface area contributed by atoms with Crippen LogP contribution in [0.3, 0.4) is 0 Å². The lowest BCUT2D eigenvalue weighted by molar-refractivity contribution is 0.511. The molecule has 0 saturated heterocycles. The highest BCUT2D eigenvalue weighted by atomic mass is 16.2. The predicted molar refractivity (Wildman–Crippen MR) is 70.1 cm³/mol. The van der Waals surface area contributed by atoms with Crippen molar-refractivity contribution in [2.75, 3.05) is 12.4 Å². The van der Waals surface area contributed by atoms with Crippen LogP contribution in [0, 0.1) is 0 Å². The molecule has 1 aliphatic rings. The summed E-state index contributed by atoms with van der Waals surface area (Å²) in [5.74, 6) is 1.59. The van der Waals surface area contributed by atoms with Crippen molar-refractivity contribution < 1.29 is 0 Å². The Morgan fingerprint density at radius 2 is 2.21 bits per heavy atom. The van der Waals surface area contributed by atoms with Gasteiger partial charge in [0.05, 0.1) is 24.6 Å². The molecule has 7 heteroatoms. The lowest BCUT2D eigenvalue weighted by Crippen LogP contribution is -2.27. The minimum absolute atomic E-state index is 0.0470. The summed E-state index contributed by atoms with van der Waals surface area (Å²) in [4.78, 5) is 20.6. The molecular weight excluding hydrogens is 244 g/mol. The number of nitrogens with zero attached hydrogens (tertiary/aromatic N) is 5. The van der Waals surface area contributed by atoms with Gasteiger partial charge in [0, 0.05) is 20.0 Å². The molecule has 0 amide bonds. The number of anilines is 1. The maximum Gasteiger partial charge on any atom is 0.346 e. The van der Waals surface area contributed by atoms with Gasteiger partial charge >= 0.3 is 5.69 Å². The summed E-state index contributed by atoms with van der Waals surface area (Å²) in [6, 6.07) is 0. The maximum atomic E-state index is 12.1. The molecule has 1 aliphatic heterocycles. The van der Waals surface area contributed by atoms with Crippen molar-refractivity contribution in [1.29, 1.82) is 0 Å². The minimum Gasteiger partial charge on any atom is -0.372 e. The number of hydrogen-bond donors (Lipinski definition) is 1. The van der Waals surface area contributed by atoms with E-state index in [2.05, 4.69) is 20.4 Å². The topological polar surface area (TPSA) is 77.6 Å². The number of hydrogen-bond acceptors (Lipinski definition) is 5. The fourth-order valence-electron chi connectivity index (χ4n) is 2.27. The third-order valence-electron chi connectivity index (χ3n) is 3.30. The standard InChI is InChI=1S/C12H16N6O/c1-13-10-7-14-9(6-15-10)8-18-12(19)17-5-3-2-4-11(17)16-18/h6-7H,2-5,8H2,1H3,(H,13,15). The molecule has 1 N–H and O–H groups in total. The molecule has 0 fully saturated rings. The third kappa shape index (κ3) is 2.23. The third-order valence-corrected chi connectivity index (χ3v) is 3.30. The number of fused-ring (bicyclic) bond motifs is 1. The first-order valence-corrected chi connectivity index (χ1v) is 6.43. The van der Waals surface area contributed by atoms with Gasteiger partial charge in [-0.05, 0) is 12.8 Å². The van der Waals surface area contributed by atoms with Crippen molar-refractivity contribution in [2.45, 2.75) is 32.4 Å². The first kappa shape index (κ1) is 11.9. The van der Waals surface area contributed by atoms with E-state index in [1.165, 1.54) is 4.68 Å². The Labute approximate surface area is 110 Å². The van der Waals surface area contributed by atoms with Crippen molar-refractivity contribution in [3.05, 3.63) is 34.4 Å². The molecule has 0 bridgehead atoms. The van der Waals surface area contributed by atoms with Gasteiger partial charge in [-0.2, -0.15) is 5.10 Å². The Hall–Kier alpha value is -2.18. The lowest BCUT2D eigenvalue weighted by atomic mass is 10.2. The molecule has 3 heterocycles. The zero-order valence-corrected chi connectivity index (χ0v) is 10.8. The molecule has 0 saturated carbocycles. The second kappa shape index (κ2) is 4.83. The molecule has 0 atom stereocenters. The van der Waals surface area contributed by atoms with Crippen LogP contribution in [0.1, 0.15) is 24.4 Å². The summed E-state index contributed by atoms with van der Waals surface area (Å²) >= 11 is 0. The molecule has 7 nitrogen and oxygen atoms in total. The summed E-state index contributed by atoms with van der Waals surface area (Å²) in [5, 5.41) is 7.28. The van der Waals surface area contributed by atoms with Crippen molar-refractivity contribution in [3.8, 4) is 0 Å². The van der Waals surface area contributed by atoms with Gasteiger partial charge in [0.2, 0.25) is 0 Å². The van der Waals surface area contributed by atoms with E-state index in [4.69, 9.17) is 0 Å². The van der Waals surface area contributed by atoms with Crippen LogP contribution in [0.5, 0.6) is 0 Å². The van der Waals surface area contributed by atoms with Crippen LogP contribution >= 0.6 is 0 Å². The van der Waals surface area contributed by atoms with Gasteiger partial charge in [0.25, 0.3) is 0 Å². The summed E-state index contributed by atoms with van der Waals surface area (Å²) in [6.45, 7) is 1.15. The minimum atomic E-state index is -0.0470. The fourth-order valence-corrected chi connectivity index (χ4v) is 2.27. The van der Waals surface area contributed by atoms with E-state index in [-0.39, 0.29) is 5.69 Å².